The minimum absolute atomic E-state index is 0.171. The van der Waals surface area contributed by atoms with E-state index in [1.807, 2.05) is 0 Å². The summed E-state index contributed by atoms with van der Waals surface area (Å²) in [5.74, 6) is -0.158. The molecule has 14 heavy (non-hydrogen) atoms. The third-order valence-corrected chi connectivity index (χ3v) is 3.28. The molecule has 0 radical (unpaired) electrons. The van der Waals surface area contributed by atoms with Crippen molar-refractivity contribution in [2.24, 2.45) is 5.92 Å². The van der Waals surface area contributed by atoms with E-state index in [1.165, 1.54) is 12.8 Å². The first-order valence-electron chi connectivity index (χ1n) is 5.31. The van der Waals surface area contributed by atoms with Crippen molar-refractivity contribution in [3.05, 3.63) is 0 Å². The highest BCUT2D eigenvalue weighted by Crippen LogP contribution is 2.31. The van der Waals surface area contributed by atoms with E-state index in [4.69, 9.17) is 9.84 Å². The van der Waals surface area contributed by atoms with Gasteiger partial charge in [0.1, 0.15) is 0 Å². The SMILES string of the molecule is O=C(O)CN1CCOCC2CCCC21. The molecule has 1 saturated carbocycles. The highest BCUT2D eigenvalue weighted by molar-refractivity contribution is 5.69. The number of carboxylic acid groups (broad SMARTS) is 1. The van der Waals surface area contributed by atoms with Crippen LogP contribution in [0.4, 0.5) is 0 Å². The second-order valence-electron chi connectivity index (χ2n) is 4.20. The van der Waals surface area contributed by atoms with Crippen LogP contribution < -0.4 is 0 Å². The summed E-state index contributed by atoms with van der Waals surface area (Å²) >= 11 is 0. The van der Waals surface area contributed by atoms with E-state index in [0.717, 1.165) is 19.6 Å². The van der Waals surface area contributed by atoms with Crippen LogP contribution in [0.25, 0.3) is 0 Å². The second-order valence-corrected chi connectivity index (χ2v) is 4.20. The minimum atomic E-state index is -0.724. The molecule has 1 N–H and O–H groups in total. The molecular formula is C10H17NO3. The van der Waals surface area contributed by atoms with Crippen LogP contribution >= 0.6 is 0 Å². The summed E-state index contributed by atoms with van der Waals surface area (Å²) < 4.78 is 5.49. The van der Waals surface area contributed by atoms with Gasteiger partial charge in [0, 0.05) is 12.6 Å². The Balaban J connectivity index is 2.01. The fraction of sp³-hybridized carbons (Fsp3) is 0.900. The van der Waals surface area contributed by atoms with E-state index in [-0.39, 0.29) is 6.54 Å². The van der Waals surface area contributed by atoms with Crippen LogP contribution in [0.2, 0.25) is 0 Å². The molecule has 4 heteroatoms. The molecule has 2 aliphatic rings. The zero-order valence-corrected chi connectivity index (χ0v) is 8.32. The van der Waals surface area contributed by atoms with E-state index in [1.54, 1.807) is 0 Å². The van der Waals surface area contributed by atoms with Crippen molar-refractivity contribution in [1.29, 1.82) is 0 Å². The van der Waals surface area contributed by atoms with Crippen molar-refractivity contribution < 1.29 is 14.6 Å². The van der Waals surface area contributed by atoms with Gasteiger partial charge < -0.3 is 9.84 Å². The van der Waals surface area contributed by atoms with Crippen LogP contribution in [-0.2, 0) is 9.53 Å². The highest BCUT2D eigenvalue weighted by Gasteiger charge is 2.34. The Kier molecular flexibility index (Phi) is 3.03. The molecule has 2 atom stereocenters. The maximum absolute atomic E-state index is 10.7. The molecular weight excluding hydrogens is 182 g/mol. The van der Waals surface area contributed by atoms with Gasteiger partial charge in [0.05, 0.1) is 19.8 Å². The quantitative estimate of drug-likeness (QED) is 0.706. The molecule has 2 rings (SSSR count). The molecule has 1 heterocycles. The standard InChI is InChI=1S/C10H17NO3/c12-10(13)6-11-4-5-14-7-8-2-1-3-9(8)11/h8-9H,1-7H2,(H,12,13). The van der Waals surface area contributed by atoms with E-state index in [9.17, 15) is 4.79 Å². The van der Waals surface area contributed by atoms with Crippen LogP contribution in [0.15, 0.2) is 0 Å². The summed E-state index contributed by atoms with van der Waals surface area (Å²) in [4.78, 5) is 12.8. The maximum atomic E-state index is 10.7. The van der Waals surface area contributed by atoms with Crippen LogP contribution in [-0.4, -0.2) is 48.3 Å². The van der Waals surface area contributed by atoms with Gasteiger partial charge in [-0.05, 0) is 18.8 Å². The van der Waals surface area contributed by atoms with Gasteiger partial charge in [0.2, 0.25) is 0 Å². The molecule has 2 fully saturated rings. The predicted octanol–water partition coefficient (Wildman–Crippen LogP) is 0.572. The number of rotatable bonds is 2. The van der Waals surface area contributed by atoms with Crippen molar-refractivity contribution in [3.8, 4) is 0 Å². The molecule has 4 nitrogen and oxygen atoms in total. The van der Waals surface area contributed by atoms with Gasteiger partial charge in [-0.3, -0.25) is 9.69 Å². The van der Waals surface area contributed by atoms with E-state index in [2.05, 4.69) is 4.90 Å². The monoisotopic (exact) mass is 199 g/mol. The fourth-order valence-electron chi connectivity index (χ4n) is 2.64. The van der Waals surface area contributed by atoms with Crippen molar-refractivity contribution >= 4 is 5.97 Å². The predicted molar refractivity (Wildman–Crippen MR) is 51.2 cm³/mol. The van der Waals surface area contributed by atoms with Gasteiger partial charge in [0.25, 0.3) is 0 Å². The average Bonchev–Trinajstić information content (AvgIpc) is 2.51. The summed E-state index contributed by atoms with van der Waals surface area (Å²) in [5.41, 5.74) is 0. The molecule has 0 aromatic heterocycles. The van der Waals surface area contributed by atoms with Gasteiger partial charge in [-0.2, -0.15) is 0 Å². The molecule has 1 aliphatic carbocycles. The Bertz CT molecular complexity index is 219. The fourth-order valence-corrected chi connectivity index (χ4v) is 2.64. The number of fused-ring (bicyclic) bond motifs is 1. The lowest BCUT2D eigenvalue weighted by Crippen LogP contribution is -2.41. The summed E-state index contributed by atoms with van der Waals surface area (Å²) in [5, 5.41) is 8.80. The van der Waals surface area contributed by atoms with Gasteiger partial charge >= 0.3 is 5.97 Å². The van der Waals surface area contributed by atoms with Crippen molar-refractivity contribution in [1.82, 2.24) is 4.90 Å². The maximum Gasteiger partial charge on any atom is 0.317 e. The lowest BCUT2D eigenvalue weighted by molar-refractivity contribution is -0.139. The normalized spacial score (nSPS) is 33.7. The molecule has 1 saturated heterocycles. The third kappa shape index (κ3) is 2.07. The number of nitrogens with zero attached hydrogens (tertiary/aromatic N) is 1. The van der Waals surface area contributed by atoms with Crippen LogP contribution in [0.1, 0.15) is 19.3 Å². The number of carbonyl (C=O) groups is 1. The topological polar surface area (TPSA) is 49.8 Å². The third-order valence-electron chi connectivity index (χ3n) is 3.28. The number of ether oxygens (including phenoxy) is 1. The Labute approximate surface area is 83.8 Å². The molecule has 0 aromatic rings. The first-order valence-corrected chi connectivity index (χ1v) is 5.31. The first-order chi connectivity index (χ1) is 6.77. The smallest absolute Gasteiger partial charge is 0.317 e. The Morgan fingerprint density at radius 2 is 2.36 bits per heavy atom. The highest BCUT2D eigenvalue weighted by atomic mass is 16.5. The van der Waals surface area contributed by atoms with Gasteiger partial charge in [0.15, 0.2) is 0 Å². The zero-order chi connectivity index (χ0) is 9.97. The molecule has 0 aromatic carbocycles. The summed E-state index contributed by atoms with van der Waals surface area (Å²) in [6.07, 6.45) is 3.55. The van der Waals surface area contributed by atoms with Crippen LogP contribution in [0, 0.1) is 5.92 Å². The van der Waals surface area contributed by atoms with Gasteiger partial charge in [-0.25, -0.2) is 0 Å². The Morgan fingerprint density at radius 1 is 1.50 bits per heavy atom. The summed E-state index contributed by atoms with van der Waals surface area (Å²) in [7, 11) is 0. The molecule has 0 amide bonds. The van der Waals surface area contributed by atoms with Crippen molar-refractivity contribution in [2.75, 3.05) is 26.3 Å². The molecule has 0 spiro atoms. The number of aliphatic carboxylic acids is 1. The Hall–Kier alpha value is -0.610. The van der Waals surface area contributed by atoms with E-state index < -0.39 is 5.97 Å². The first kappa shape index (κ1) is 9.93. The van der Waals surface area contributed by atoms with Gasteiger partial charge in [-0.15, -0.1) is 0 Å². The van der Waals surface area contributed by atoms with Gasteiger partial charge in [-0.1, -0.05) is 6.42 Å². The molecule has 0 bridgehead atoms. The van der Waals surface area contributed by atoms with Crippen molar-refractivity contribution in [2.45, 2.75) is 25.3 Å². The zero-order valence-electron chi connectivity index (χ0n) is 8.32. The molecule has 2 unspecified atom stereocenters. The number of carboxylic acids is 1. The summed E-state index contributed by atoms with van der Waals surface area (Å²) in [6.45, 7) is 2.44. The Morgan fingerprint density at radius 3 is 3.14 bits per heavy atom. The largest absolute Gasteiger partial charge is 0.480 e. The van der Waals surface area contributed by atoms with Crippen LogP contribution in [0.5, 0.6) is 0 Å². The second kappa shape index (κ2) is 4.28. The lowest BCUT2D eigenvalue weighted by atomic mass is 10.0. The number of hydrogen-bond donors (Lipinski definition) is 1. The van der Waals surface area contributed by atoms with E-state index >= 15 is 0 Å². The average molecular weight is 199 g/mol. The summed E-state index contributed by atoms with van der Waals surface area (Å²) in [6, 6.07) is 0.452. The van der Waals surface area contributed by atoms with Crippen LogP contribution in [0.3, 0.4) is 0 Å². The number of hydrogen-bond acceptors (Lipinski definition) is 3. The lowest BCUT2D eigenvalue weighted by Gasteiger charge is -2.27. The van der Waals surface area contributed by atoms with E-state index in [0.29, 0.717) is 18.6 Å². The minimum Gasteiger partial charge on any atom is -0.480 e. The van der Waals surface area contributed by atoms with Crippen molar-refractivity contribution in [3.63, 3.8) is 0 Å². The molecule has 1 aliphatic heterocycles. The molecule has 80 valence electrons.